The van der Waals surface area contributed by atoms with Crippen molar-refractivity contribution >= 4 is 54.8 Å². The van der Waals surface area contributed by atoms with Crippen molar-refractivity contribution in [1.29, 1.82) is 0 Å². The van der Waals surface area contributed by atoms with E-state index in [1.807, 2.05) is 31.2 Å². The molecule has 0 amide bonds. The Kier molecular flexibility index (Phi) is 4.75. The zero-order valence-corrected chi connectivity index (χ0v) is 14.6. The molecular weight excluding hydrogens is 399 g/mol. The van der Waals surface area contributed by atoms with Crippen LogP contribution in [0, 0.1) is 6.92 Å². The molecule has 1 unspecified atom stereocenters. The molecule has 0 saturated carbocycles. The molecule has 96 valence electrons. The molecule has 1 aromatic heterocycles. The van der Waals surface area contributed by atoms with Gasteiger partial charge in [-0.2, -0.15) is 0 Å². The van der Waals surface area contributed by atoms with E-state index in [9.17, 15) is 0 Å². The summed E-state index contributed by atoms with van der Waals surface area (Å²) in [6.07, 6.45) is 0. The highest BCUT2D eigenvalue weighted by molar-refractivity contribution is 9.11. The Bertz CT molecular complexity index is 568. The van der Waals surface area contributed by atoms with Crippen molar-refractivity contribution in [3.63, 3.8) is 0 Å². The number of rotatable bonds is 3. The summed E-state index contributed by atoms with van der Waals surface area (Å²) in [5, 5.41) is -0.201. The topological polar surface area (TPSA) is 9.23 Å². The second kappa shape index (κ2) is 5.95. The van der Waals surface area contributed by atoms with Crippen LogP contribution < -0.4 is 4.74 Å². The fourth-order valence-corrected chi connectivity index (χ4v) is 3.82. The minimum Gasteiger partial charge on any atom is -0.496 e. The zero-order chi connectivity index (χ0) is 13.3. The molecule has 0 aliphatic rings. The molecule has 18 heavy (non-hydrogen) atoms. The van der Waals surface area contributed by atoms with Crippen LogP contribution in [0.25, 0.3) is 0 Å². The van der Waals surface area contributed by atoms with Gasteiger partial charge in [0.1, 0.15) is 5.75 Å². The van der Waals surface area contributed by atoms with Gasteiger partial charge in [0.05, 0.1) is 16.3 Å². The first-order valence-corrected chi connectivity index (χ1v) is 8.10. The van der Waals surface area contributed by atoms with Crippen molar-refractivity contribution in [2.24, 2.45) is 0 Å². The van der Waals surface area contributed by atoms with E-state index >= 15 is 0 Å². The summed E-state index contributed by atoms with van der Waals surface area (Å²) in [4.78, 5) is 1.09. The van der Waals surface area contributed by atoms with Gasteiger partial charge in [0.15, 0.2) is 0 Å². The lowest BCUT2D eigenvalue weighted by atomic mass is 10.1. The molecule has 1 aromatic carbocycles. The summed E-state index contributed by atoms with van der Waals surface area (Å²) in [5.41, 5.74) is 2.11. The lowest BCUT2D eigenvalue weighted by Crippen LogP contribution is -1.97. The Morgan fingerprint density at radius 3 is 2.56 bits per heavy atom. The van der Waals surface area contributed by atoms with Crippen LogP contribution >= 0.6 is 54.8 Å². The summed E-state index contributed by atoms with van der Waals surface area (Å²) < 4.78 is 7.54. The van der Waals surface area contributed by atoms with Crippen LogP contribution in [0.2, 0.25) is 0 Å². The first kappa shape index (κ1) is 14.4. The average Bonchev–Trinajstić information content (AvgIpc) is 2.78. The third-order valence-corrected chi connectivity index (χ3v) is 5.77. The van der Waals surface area contributed by atoms with E-state index < -0.39 is 0 Å². The molecule has 0 fully saturated rings. The van der Waals surface area contributed by atoms with E-state index in [2.05, 4.69) is 31.9 Å². The van der Waals surface area contributed by atoms with Crippen molar-refractivity contribution in [2.75, 3.05) is 7.11 Å². The molecule has 1 nitrogen and oxygen atoms in total. The summed E-state index contributed by atoms with van der Waals surface area (Å²) in [5.74, 6) is 0.820. The van der Waals surface area contributed by atoms with Gasteiger partial charge < -0.3 is 4.74 Å². The lowest BCUT2D eigenvalue weighted by molar-refractivity contribution is 0.410. The number of hydrogen-bond donors (Lipinski definition) is 0. The van der Waals surface area contributed by atoms with Gasteiger partial charge in [0.25, 0.3) is 0 Å². The molecule has 1 heterocycles. The molecule has 2 aromatic rings. The SMILES string of the molecule is COc1cc(C)c(Br)cc1C(Cl)c1ccc(Br)s1. The molecule has 0 bridgehead atoms. The van der Waals surface area contributed by atoms with Crippen LogP contribution in [0.4, 0.5) is 0 Å². The number of halogens is 3. The summed E-state index contributed by atoms with van der Waals surface area (Å²) in [6, 6.07) is 8.06. The molecule has 0 N–H and O–H groups in total. The predicted molar refractivity (Wildman–Crippen MR) is 85.1 cm³/mol. The third-order valence-electron chi connectivity index (χ3n) is 2.63. The summed E-state index contributed by atoms with van der Waals surface area (Å²) >= 11 is 15.2. The molecular formula is C13H11Br2ClOS. The van der Waals surface area contributed by atoms with Gasteiger partial charge in [0.2, 0.25) is 0 Å². The van der Waals surface area contributed by atoms with Crippen LogP contribution in [0.3, 0.4) is 0 Å². The van der Waals surface area contributed by atoms with Gasteiger partial charge >= 0.3 is 0 Å². The largest absolute Gasteiger partial charge is 0.496 e. The molecule has 0 aliphatic heterocycles. The number of benzene rings is 1. The minimum absolute atomic E-state index is 0.201. The van der Waals surface area contributed by atoms with E-state index in [0.717, 1.165) is 30.0 Å². The van der Waals surface area contributed by atoms with Gasteiger partial charge in [-0.25, -0.2) is 0 Å². The number of alkyl halides is 1. The van der Waals surface area contributed by atoms with Crippen molar-refractivity contribution in [3.05, 3.63) is 48.5 Å². The highest BCUT2D eigenvalue weighted by Crippen LogP contribution is 2.41. The maximum absolute atomic E-state index is 6.54. The average molecular weight is 411 g/mol. The first-order valence-electron chi connectivity index (χ1n) is 5.26. The van der Waals surface area contributed by atoms with Gasteiger partial charge in [-0.05, 0) is 52.7 Å². The second-order valence-electron chi connectivity index (χ2n) is 3.85. The Labute approximate surface area is 132 Å². The van der Waals surface area contributed by atoms with Crippen LogP contribution in [0.5, 0.6) is 5.75 Å². The molecule has 5 heteroatoms. The smallest absolute Gasteiger partial charge is 0.124 e. The van der Waals surface area contributed by atoms with Gasteiger partial charge in [0, 0.05) is 14.9 Å². The van der Waals surface area contributed by atoms with Crippen LogP contribution in [0.1, 0.15) is 21.4 Å². The fraction of sp³-hybridized carbons (Fsp3) is 0.231. The standard InChI is InChI=1S/C13H11Br2ClOS/c1-7-5-10(17-2)8(6-9(7)14)13(16)11-3-4-12(15)18-11/h3-6,13H,1-2H3. The van der Waals surface area contributed by atoms with Crippen LogP contribution in [0.15, 0.2) is 32.5 Å². The van der Waals surface area contributed by atoms with Crippen LogP contribution in [-0.4, -0.2) is 7.11 Å². The Hall–Kier alpha value is -0.0300. The Morgan fingerprint density at radius 2 is 2.00 bits per heavy atom. The van der Waals surface area contributed by atoms with Crippen molar-refractivity contribution in [2.45, 2.75) is 12.3 Å². The minimum atomic E-state index is -0.201. The zero-order valence-electron chi connectivity index (χ0n) is 9.84. The summed E-state index contributed by atoms with van der Waals surface area (Å²) in [7, 11) is 1.67. The highest BCUT2D eigenvalue weighted by atomic mass is 79.9. The van der Waals surface area contributed by atoms with E-state index in [1.165, 1.54) is 0 Å². The quantitative estimate of drug-likeness (QED) is 0.571. The first-order chi connectivity index (χ1) is 8.52. The maximum Gasteiger partial charge on any atom is 0.124 e. The maximum atomic E-state index is 6.54. The fourth-order valence-electron chi connectivity index (χ4n) is 1.66. The molecule has 2 rings (SSSR count). The van der Waals surface area contributed by atoms with E-state index in [4.69, 9.17) is 16.3 Å². The number of ether oxygens (including phenoxy) is 1. The molecule has 0 saturated heterocycles. The van der Waals surface area contributed by atoms with Crippen molar-refractivity contribution < 1.29 is 4.74 Å². The number of hydrogen-bond acceptors (Lipinski definition) is 2. The molecule has 0 spiro atoms. The van der Waals surface area contributed by atoms with E-state index in [0.29, 0.717) is 0 Å². The van der Waals surface area contributed by atoms with Crippen molar-refractivity contribution in [1.82, 2.24) is 0 Å². The highest BCUT2D eigenvalue weighted by Gasteiger charge is 2.18. The normalized spacial score (nSPS) is 12.5. The van der Waals surface area contributed by atoms with E-state index in [1.54, 1.807) is 18.4 Å². The number of methoxy groups -OCH3 is 1. The predicted octanol–water partition coefficient (Wildman–Crippen LogP) is 5.92. The second-order valence-corrected chi connectivity index (χ2v) is 7.63. The van der Waals surface area contributed by atoms with Gasteiger partial charge in [-0.1, -0.05) is 15.9 Å². The molecule has 0 radical (unpaired) electrons. The van der Waals surface area contributed by atoms with E-state index in [-0.39, 0.29) is 5.38 Å². The lowest BCUT2D eigenvalue weighted by Gasteiger charge is -2.14. The number of aryl methyl sites for hydroxylation is 1. The number of thiophene rings is 1. The molecule has 0 aliphatic carbocycles. The Balaban J connectivity index is 2.46. The van der Waals surface area contributed by atoms with Gasteiger partial charge in [-0.15, -0.1) is 22.9 Å². The van der Waals surface area contributed by atoms with Crippen LogP contribution in [-0.2, 0) is 0 Å². The third kappa shape index (κ3) is 2.93. The van der Waals surface area contributed by atoms with Crippen molar-refractivity contribution in [3.8, 4) is 5.75 Å². The van der Waals surface area contributed by atoms with Gasteiger partial charge in [-0.3, -0.25) is 0 Å². The Morgan fingerprint density at radius 1 is 1.28 bits per heavy atom. The monoisotopic (exact) mass is 408 g/mol. The summed E-state index contributed by atoms with van der Waals surface area (Å²) in [6.45, 7) is 2.03. The molecule has 1 atom stereocenters.